The molecule has 0 unspecified atom stereocenters. The lowest BCUT2D eigenvalue weighted by atomic mass is 9.96. The van der Waals surface area contributed by atoms with E-state index in [1.165, 1.54) is 0 Å². The molecule has 0 bridgehead atoms. The fourth-order valence-electron chi connectivity index (χ4n) is 3.42. The van der Waals surface area contributed by atoms with Gasteiger partial charge in [0.1, 0.15) is 0 Å². The highest BCUT2D eigenvalue weighted by Gasteiger charge is 2.42. The van der Waals surface area contributed by atoms with Gasteiger partial charge in [0.25, 0.3) is 0 Å². The van der Waals surface area contributed by atoms with Gasteiger partial charge in [-0.2, -0.15) is 11.8 Å². The highest BCUT2D eigenvalue weighted by atomic mass is 32.2. The van der Waals surface area contributed by atoms with Gasteiger partial charge in [0, 0.05) is 35.9 Å². The highest BCUT2D eigenvalue weighted by Crippen LogP contribution is 2.32. The molecular formula is C21H38N4O5S. The minimum absolute atomic E-state index is 0.00374. The largest absolute Gasteiger partial charge is 0.379 e. The van der Waals surface area contributed by atoms with Crippen molar-refractivity contribution in [1.29, 1.82) is 0 Å². The lowest BCUT2D eigenvalue weighted by Crippen LogP contribution is -2.36. The van der Waals surface area contributed by atoms with Crippen molar-refractivity contribution in [2.45, 2.75) is 63.8 Å². The summed E-state index contributed by atoms with van der Waals surface area (Å²) in [4.78, 5) is 34.9. The van der Waals surface area contributed by atoms with Gasteiger partial charge in [0.05, 0.1) is 38.5 Å². The molecule has 2 rings (SSSR count). The molecule has 178 valence electrons. The first kappa shape index (κ1) is 25.7. The molecule has 0 radical (unpaired) electrons. The number of carbonyl (C=O) groups is 3. The Bertz CT molecular complexity index is 599. The van der Waals surface area contributed by atoms with Crippen LogP contribution in [0.2, 0.25) is 0 Å². The standard InChI is InChI=1S/C21H38N4O5S/c1-21(2,3)19(27)23-9-11-30-13-12-29-10-7-17(26)22-8-5-4-6-16-18-15(14-31-16)24-20(28)25-18/h15-16,18H,4-14H2,1-3H3,(H,22,26)(H,23,27)(H2,24,25,28)/t15-,16-,18-/m0/s1. The SMILES string of the molecule is CC(C)(C)C(=O)NCCOCCOCCC(=O)NCCCC[C@@H]1SC[C@@H]2NC(=O)N[C@@H]21. The summed E-state index contributed by atoms with van der Waals surface area (Å²) >= 11 is 1.91. The van der Waals surface area contributed by atoms with Crippen molar-refractivity contribution in [2.24, 2.45) is 5.41 Å². The second kappa shape index (κ2) is 13.1. The fraction of sp³-hybridized carbons (Fsp3) is 0.857. The molecule has 9 nitrogen and oxygen atoms in total. The van der Waals surface area contributed by atoms with Gasteiger partial charge in [-0.15, -0.1) is 0 Å². The number of thioether (sulfide) groups is 1. The van der Waals surface area contributed by atoms with E-state index < -0.39 is 5.41 Å². The van der Waals surface area contributed by atoms with Gasteiger partial charge in [0.2, 0.25) is 11.8 Å². The fourth-order valence-corrected chi connectivity index (χ4v) is 4.96. The predicted molar refractivity (Wildman–Crippen MR) is 121 cm³/mol. The van der Waals surface area contributed by atoms with E-state index in [1.54, 1.807) is 0 Å². The summed E-state index contributed by atoms with van der Waals surface area (Å²) in [6.07, 6.45) is 3.34. The van der Waals surface area contributed by atoms with Crippen molar-refractivity contribution in [3.8, 4) is 0 Å². The normalized spacial score (nSPS) is 22.5. The maximum atomic E-state index is 11.8. The van der Waals surface area contributed by atoms with E-state index in [0.29, 0.717) is 51.2 Å². The summed E-state index contributed by atoms with van der Waals surface area (Å²) in [5.41, 5.74) is -0.394. The molecule has 31 heavy (non-hydrogen) atoms. The highest BCUT2D eigenvalue weighted by molar-refractivity contribution is 8.00. The molecular weight excluding hydrogens is 420 g/mol. The molecule has 0 aromatic carbocycles. The zero-order valence-corrected chi connectivity index (χ0v) is 19.8. The average molecular weight is 459 g/mol. The maximum Gasteiger partial charge on any atom is 0.315 e. The molecule has 0 aromatic heterocycles. The smallest absolute Gasteiger partial charge is 0.315 e. The van der Waals surface area contributed by atoms with Crippen LogP contribution in [0.3, 0.4) is 0 Å². The number of hydrogen-bond donors (Lipinski definition) is 4. The maximum absolute atomic E-state index is 11.8. The molecule has 2 aliphatic heterocycles. The molecule has 2 fully saturated rings. The summed E-state index contributed by atoms with van der Waals surface area (Å²) in [6.45, 7) is 8.41. The molecule has 2 heterocycles. The molecule has 0 spiro atoms. The van der Waals surface area contributed by atoms with Gasteiger partial charge in [-0.25, -0.2) is 4.79 Å². The Labute approximate surface area is 189 Å². The minimum atomic E-state index is -0.394. The van der Waals surface area contributed by atoms with Crippen molar-refractivity contribution in [1.82, 2.24) is 21.3 Å². The molecule has 2 saturated heterocycles. The van der Waals surface area contributed by atoms with Crippen LogP contribution in [-0.4, -0.2) is 80.4 Å². The zero-order chi connectivity index (χ0) is 22.7. The summed E-state index contributed by atoms with van der Waals surface area (Å²) in [5, 5.41) is 12.2. The molecule has 4 amide bonds. The van der Waals surface area contributed by atoms with E-state index in [1.807, 2.05) is 32.5 Å². The van der Waals surface area contributed by atoms with E-state index in [9.17, 15) is 14.4 Å². The topological polar surface area (TPSA) is 118 Å². The summed E-state index contributed by atoms with van der Waals surface area (Å²) < 4.78 is 10.8. The lowest BCUT2D eigenvalue weighted by molar-refractivity contribution is -0.128. The van der Waals surface area contributed by atoms with Crippen LogP contribution in [0.25, 0.3) is 0 Å². The van der Waals surface area contributed by atoms with Crippen LogP contribution in [0.15, 0.2) is 0 Å². The number of ether oxygens (including phenoxy) is 2. The van der Waals surface area contributed by atoms with Crippen LogP contribution in [-0.2, 0) is 19.1 Å². The summed E-state index contributed by atoms with van der Waals surface area (Å²) in [5.74, 6) is 0.973. The Kier molecular flexibility index (Phi) is 10.9. The van der Waals surface area contributed by atoms with Crippen molar-refractivity contribution in [3.05, 3.63) is 0 Å². The van der Waals surface area contributed by atoms with Crippen molar-refractivity contribution >= 4 is 29.6 Å². The molecule has 0 aliphatic carbocycles. The lowest BCUT2D eigenvalue weighted by Gasteiger charge is -2.17. The van der Waals surface area contributed by atoms with Crippen molar-refractivity contribution in [3.63, 3.8) is 0 Å². The molecule has 4 N–H and O–H groups in total. The molecule has 2 aliphatic rings. The Morgan fingerprint density at radius 1 is 1.03 bits per heavy atom. The zero-order valence-electron chi connectivity index (χ0n) is 19.0. The van der Waals surface area contributed by atoms with Crippen LogP contribution >= 0.6 is 11.8 Å². The quantitative estimate of drug-likeness (QED) is 0.228. The number of urea groups is 1. The van der Waals surface area contributed by atoms with E-state index in [4.69, 9.17) is 9.47 Å². The summed E-state index contributed by atoms with van der Waals surface area (Å²) in [7, 11) is 0. The van der Waals surface area contributed by atoms with E-state index in [2.05, 4.69) is 21.3 Å². The number of rotatable bonds is 14. The second-order valence-corrected chi connectivity index (χ2v) is 10.2. The number of nitrogens with one attached hydrogen (secondary N) is 4. The first-order chi connectivity index (χ1) is 14.8. The van der Waals surface area contributed by atoms with E-state index in [0.717, 1.165) is 25.0 Å². The number of fused-ring (bicyclic) bond motifs is 1. The number of carbonyl (C=O) groups excluding carboxylic acids is 3. The van der Waals surface area contributed by atoms with Gasteiger partial charge in [-0.3, -0.25) is 9.59 Å². The van der Waals surface area contributed by atoms with Crippen LogP contribution in [0, 0.1) is 5.41 Å². The predicted octanol–water partition coefficient (Wildman–Crippen LogP) is 1.02. The second-order valence-electron chi connectivity index (χ2n) is 8.95. The Balaban J connectivity index is 1.35. The Hall–Kier alpha value is -1.52. The van der Waals surface area contributed by atoms with Gasteiger partial charge >= 0.3 is 6.03 Å². The average Bonchev–Trinajstić information content (AvgIpc) is 3.25. The van der Waals surface area contributed by atoms with Crippen LogP contribution in [0.1, 0.15) is 46.5 Å². The first-order valence-electron chi connectivity index (χ1n) is 11.2. The third-order valence-electron chi connectivity index (χ3n) is 5.23. The van der Waals surface area contributed by atoms with E-state index >= 15 is 0 Å². The van der Waals surface area contributed by atoms with Gasteiger partial charge in [-0.1, -0.05) is 27.2 Å². The van der Waals surface area contributed by atoms with Gasteiger partial charge in [-0.05, 0) is 12.8 Å². The third kappa shape index (κ3) is 9.65. The van der Waals surface area contributed by atoms with Crippen LogP contribution in [0.5, 0.6) is 0 Å². The van der Waals surface area contributed by atoms with Crippen molar-refractivity contribution < 1.29 is 23.9 Å². The van der Waals surface area contributed by atoms with Gasteiger partial charge < -0.3 is 30.7 Å². The summed E-state index contributed by atoms with van der Waals surface area (Å²) in [6, 6.07) is 0.461. The third-order valence-corrected chi connectivity index (χ3v) is 6.74. The monoisotopic (exact) mass is 458 g/mol. The Morgan fingerprint density at radius 3 is 2.52 bits per heavy atom. The number of amides is 4. The van der Waals surface area contributed by atoms with E-state index in [-0.39, 0.29) is 29.9 Å². The molecule has 0 saturated carbocycles. The van der Waals surface area contributed by atoms with Crippen molar-refractivity contribution in [2.75, 3.05) is 45.3 Å². The molecule has 3 atom stereocenters. The first-order valence-corrected chi connectivity index (χ1v) is 12.2. The number of hydrogen-bond acceptors (Lipinski definition) is 6. The van der Waals surface area contributed by atoms with Gasteiger partial charge in [0.15, 0.2) is 0 Å². The minimum Gasteiger partial charge on any atom is -0.379 e. The number of unbranched alkanes of at least 4 members (excludes halogenated alkanes) is 1. The Morgan fingerprint density at radius 2 is 1.77 bits per heavy atom. The molecule has 10 heteroatoms. The van der Waals surface area contributed by atoms with Crippen LogP contribution < -0.4 is 21.3 Å². The molecule has 0 aromatic rings. The van der Waals surface area contributed by atoms with Crippen LogP contribution in [0.4, 0.5) is 4.79 Å².